The molecule has 1 fully saturated rings. The molecule has 0 radical (unpaired) electrons. The maximum absolute atomic E-state index is 13.2. The van der Waals surface area contributed by atoms with E-state index in [2.05, 4.69) is 0 Å². The largest absolute Gasteiger partial charge is 0.381 e. The average Bonchev–Trinajstić information content (AvgIpc) is 2.82. The maximum Gasteiger partial charge on any atom is 0.123 e. The van der Waals surface area contributed by atoms with Crippen molar-refractivity contribution in [3.8, 4) is 0 Å². The summed E-state index contributed by atoms with van der Waals surface area (Å²) in [4.78, 5) is 0. The van der Waals surface area contributed by atoms with Crippen molar-refractivity contribution in [1.82, 2.24) is 0 Å². The first-order chi connectivity index (χ1) is 8.66. The normalized spacial score (nSPS) is 22.9. The molecular weight excluding hydrogens is 233 g/mol. The Hall–Kier alpha value is -0.970. The number of ether oxygens (including phenoxy) is 2. The third kappa shape index (κ3) is 3.51. The van der Waals surface area contributed by atoms with Gasteiger partial charge in [0.25, 0.3) is 0 Å². The van der Waals surface area contributed by atoms with Gasteiger partial charge in [-0.2, -0.15) is 0 Å². The molecule has 1 aliphatic rings. The molecule has 2 rings (SSSR count). The van der Waals surface area contributed by atoms with Crippen LogP contribution in [-0.2, 0) is 9.47 Å². The van der Waals surface area contributed by atoms with Crippen molar-refractivity contribution in [2.45, 2.75) is 25.5 Å². The Morgan fingerprint density at radius 2 is 2.39 bits per heavy atom. The van der Waals surface area contributed by atoms with Crippen LogP contribution in [0.3, 0.4) is 0 Å². The van der Waals surface area contributed by atoms with E-state index in [1.54, 1.807) is 6.07 Å². The van der Waals surface area contributed by atoms with E-state index in [1.807, 2.05) is 13.0 Å². The molecule has 0 saturated carbocycles. The summed E-state index contributed by atoms with van der Waals surface area (Å²) in [7, 11) is 0. The van der Waals surface area contributed by atoms with Crippen LogP contribution in [0.25, 0.3) is 0 Å². The van der Waals surface area contributed by atoms with E-state index in [1.165, 1.54) is 12.1 Å². The fraction of sp³-hybridized carbons (Fsp3) is 0.571. The minimum atomic E-state index is -0.263. The van der Waals surface area contributed by atoms with E-state index in [9.17, 15) is 4.39 Å². The van der Waals surface area contributed by atoms with E-state index >= 15 is 0 Å². The Balaban J connectivity index is 1.99. The van der Waals surface area contributed by atoms with Crippen molar-refractivity contribution >= 4 is 0 Å². The van der Waals surface area contributed by atoms with E-state index in [-0.39, 0.29) is 18.0 Å². The lowest BCUT2D eigenvalue weighted by molar-refractivity contribution is 0.0133. The summed E-state index contributed by atoms with van der Waals surface area (Å²) >= 11 is 0. The maximum atomic E-state index is 13.2. The second-order valence-electron chi connectivity index (χ2n) is 4.90. The molecule has 0 spiro atoms. The second-order valence-corrected chi connectivity index (χ2v) is 4.90. The monoisotopic (exact) mass is 253 g/mol. The van der Waals surface area contributed by atoms with Crippen LogP contribution < -0.4 is 5.73 Å². The molecule has 100 valence electrons. The Bertz CT molecular complexity index is 378. The molecule has 0 aromatic heterocycles. The minimum absolute atomic E-state index is 0.172. The molecule has 1 aliphatic heterocycles. The van der Waals surface area contributed by atoms with Crippen LogP contribution >= 0.6 is 0 Å². The van der Waals surface area contributed by atoms with Crippen molar-refractivity contribution in [2.75, 3.05) is 19.8 Å². The first-order valence-electron chi connectivity index (χ1n) is 6.37. The molecule has 18 heavy (non-hydrogen) atoms. The number of nitrogens with two attached hydrogens (primary N) is 1. The molecule has 0 amide bonds. The van der Waals surface area contributed by atoms with Crippen LogP contribution in [0.4, 0.5) is 4.39 Å². The fourth-order valence-corrected chi connectivity index (χ4v) is 2.19. The van der Waals surface area contributed by atoms with Crippen molar-refractivity contribution in [3.05, 3.63) is 35.6 Å². The summed E-state index contributed by atoms with van der Waals surface area (Å²) in [6.45, 7) is 4.04. The van der Waals surface area contributed by atoms with Gasteiger partial charge in [-0.3, -0.25) is 0 Å². The van der Waals surface area contributed by atoms with Gasteiger partial charge in [0, 0.05) is 18.6 Å². The summed E-state index contributed by atoms with van der Waals surface area (Å²) in [6.07, 6.45) is 0.760. The zero-order chi connectivity index (χ0) is 13.0. The summed E-state index contributed by atoms with van der Waals surface area (Å²) in [5.41, 5.74) is 6.72. The highest BCUT2D eigenvalue weighted by Crippen LogP contribution is 2.23. The standard InChI is InChI=1S/C14H20FNO2/c1-10(16)14(12-3-2-4-13(15)7-12)18-9-11-5-6-17-8-11/h2-4,7,10-11,14H,5-6,8-9,16H2,1H3. The van der Waals surface area contributed by atoms with Crippen LogP contribution in [0.2, 0.25) is 0 Å². The Kier molecular flexibility index (Phi) is 4.69. The molecule has 3 atom stereocenters. The van der Waals surface area contributed by atoms with Crippen molar-refractivity contribution < 1.29 is 13.9 Å². The van der Waals surface area contributed by atoms with Crippen molar-refractivity contribution in [3.63, 3.8) is 0 Å². The highest BCUT2D eigenvalue weighted by Gasteiger charge is 2.21. The van der Waals surface area contributed by atoms with Gasteiger partial charge in [0.05, 0.1) is 19.3 Å². The van der Waals surface area contributed by atoms with E-state index < -0.39 is 0 Å². The zero-order valence-electron chi connectivity index (χ0n) is 10.6. The van der Waals surface area contributed by atoms with Gasteiger partial charge in [-0.25, -0.2) is 4.39 Å². The molecular formula is C14H20FNO2. The number of rotatable bonds is 5. The molecule has 2 N–H and O–H groups in total. The van der Waals surface area contributed by atoms with E-state index in [0.29, 0.717) is 12.5 Å². The van der Waals surface area contributed by atoms with E-state index in [4.69, 9.17) is 15.2 Å². The highest BCUT2D eigenvalue weighted by molar-refractivity contribution is 5.20. The second kappa shape index (κ2) is 6.27. The molecule has 4 heteroatoms. The van der Waals surface area contributed by atoms with Crippen LogP contribution in [0, 0.1) is 11.7 Å². The molecule has 1 aromatic rings. The first-order valence-corrected chi connectivity index (χ1v) is 6.37. The molecule has 3 nitrogen and oxygen atoms in total. The smallest absolute Gasteiger partial charge is 0.123 e. The predicted molar refractivity (Wildman–Crippen MR) is 67.7 cm³/mol. The third-order valence-electron chi connectivity index (χ3n) is 3.19. The van der Waals surface area contributed by atoms with Crippen LogP contribution in [0.1, 0.15) is 25.0 Å². The molecule has 0 bridgehead atoms. The highest BCUT2D eigenvalue weighted by atomic mass is 19.1. The van der Waals surface area contributed by atoms with Crippen molar-refractivity contribution in [1.29, 1.82) is 0 Å². The van der Waals surface area contributed by atoms with Gasteiger partial charge in [-0.05, 0) is 31.0 Å². The molecule has 1 heterocycles. The Morgan fingerprint density at radius 1 is 1.56 bits per heavy atom. The molecule has 1 saturated heterocycles. The Labute approximate surface area is 107 Å². The average molecular weight is 253 g/mol. The molecule has 1 aromatic carbocycles. The Morgan fingerprint density at radius 3 is 3.00 bits per heavy atom. The first kappa shape index (κ1) is 13.5. The summed E-state index contributed by atoms with van der Waals surface area (Å²) in [5.74, 6) is 0.172. The number of hydrogen-bond donors (Lipinski definition) is 1. The lowest BCUT2D eigenvalue weighted by atomic mass is 10.0. The van der Waals surface area contributed by atoms with Crippen molar-refractivity contribution in [2.24, 2.45) is 11.7 Å². The number of halogens is 1. The SMILES string of the molecule is CC(N)C(OCC1CCOC1)c1cccc(F)c1. The summed E-state index contributed by atoms with van der Waals surface area (Å²) < 4.78 is 24.4. The molecule has 0 aliphatic carbocycles. The van der Waals surface area contributed by atoms with Gasteiger partial charge in [-0.1, -0.05) is 12.1 Å². The lowest BCUT2D eigenvalue weighted by Crippen LogP contribution is -2.28. The van der Waals surface area contributed by atoms with Crippen LogP contribution in [0.5, 0.6) is 0 Å². The quantitative estimate of drug-likeness (QED) is 0.875. The van der Waals surface area contributed by atoms with Gasteiger partial charge >= 0.3 is 0 Å². The number of benzene rings is 1. The van der Waals surface area contributed by atoms with Gasteiger partial charge < -0.3 is 15.2 Å². The van der Waals surface area contributed by atoms with Crippen LogP contribution in [-0.4, -0.2) is 25.9 Å². The van der Waals surface area contributed by atoms with Gasteiger partial charge in [0.2, 0.25) is 0 Å². The summed E-state index contributed by atoms with van der Waals surface area (Å²) in [5, 5.41) is 0. The topological polar surface area (TPSA) is 44.5 Å². The lowest BCUT2D eigenvalue weighted by Gasteiger charge is -2.23. The predicted octanol–water partition coefficient (Wildman–Crippen LogP) is 2.27. The third-order valence-corrected chi connectivity index (χ3v) is 3.19. The number of hydrogen-bond acceptors (Lipinski definition) is 3. The summed E-state index contributed by atoms with van der Waals surface area (Å²) in [6, 6.07) is 6.27. The molecule has 3 unspecified atom stereocenters. The van der Waals surface area contributed by atoms with Gasteiger partial charge in [-0.15, -0.1) is 0 Å². The van der Waals surface area contributed by atoms with E-state index in [0.717, 1.165) is 25.2 Å². The van der Waals surface area contributed by atoms with Gasteiger partial charge in [0.1, 0.15) is 5.82 Å². The zero-order valence-corrected chi connectivity index (χ0v) is 10.6. The van der Waals surface area contributed by atoms with Crippen LogP contribution in [0.15, 0.2) is 24.3 Å². The minimum Gasteiger partial charge on any atom is -0.381 e. The fourth-order valence-electron chi connectivity index (χ4n) is 2.19. The van der Waals surface area contributed by atoms with Gasteiger partial charge in [0.15, 0.2) is 0 Å².